The van der Waals surface area contributed by atoms with Crippen molar-refractivity contribution in [2.45, 2.75) is 26.2 Å². The standard InChI is InChI=1S/C14H20FN/c1-10(2)14-9-16-7-6-13(14)11-4-3-5-12(15)8-11/h3-5,8,10,13-14,16H,6-7,9H2,1-2H3. The smallest absolute Gasteiger partial charge is 0.123 e. The molecule has 0 aromatic heterocycles. The summed E-state index contributed by atoms with van der Waals surface area (Å²) in [5.74, 6) is 1.66. The van der Waals surface area contributed by atoms with Gasteiger partial charge in [0, 0.05) is 0 Å². The highest BCUT2D eigenvalue weighted by atomic mass is 19.1. The summed E-state index contributed by atoms with van der Waals surface area (Å²) >= 11 is 0. The zero-order valence-corrected chi connectivity index (χ0v) is 10.0. The molecule has 1 aliphatic rings. The van der Waals surface area contributed by atoms with E-state index >= 15 is 0 Å². The summed E-state index contributed by atoms with van der Waals surface area (Å²) in [4.78, 5) is 0. The predicted octanol–water partition coefficient (Wildman–Crippen LogP) is 3.17. The molecular formula is C14H20FN. The molecule has 2 rings (SSSR count). The molecule has 2 heteroatoms. The van der Waals surface area contributed by atoms with E-state index in [-0.39, 0.29) is 5.82 Å². The molecule has 1 N–H and O–H groups in total. The monoisotopic (exact) mass is 221 g/mol. The molecule has 16 heavy (non-hydrogen) atoms. The maximum atomic E-state index is 13.2. The number of nitrogens with one attached hydrogen (secondary N) is 1. The van der Waals surface area contributed by atoms with Crippen molar-refractivity contribution in [3.63, 3.8) is 0 Å². The van der Waals surface area contributed by atoms with E-state index < -0.39 is 0 Å². The van der Waals surface area contributed by atoms with Gasteiger partial charge in [-0.3, -0.25) is 0 Å². The summed E-state index contributed by atoms with van der Waals surface area (Å²) in [6, 6.07) is 7.11. The van der Waals surface area contributed by atoms with Crippen LogP contribution in [0.1, 0.15) is 31.7 Å². The van der Waals surface area contributed by atoms with Gasteiger partial charge in [-0.25, -0.2) is 4.39 Å². The quantitative estimate of drug-likeness (QED) is 0.808. The number of hydrogen-bond donors (Lipinski definition) is 1. The van der Waals surface area contributed by atoms with Crippen molar-refractivity contribution in [1.29, 1.82) is 0 Å². The Morgan fingerprint density at radius 2 is 2.19 bits per heavy atom. The van der Waals surface area contributed by atoms with Gasteiger partial charge < -0.3 is 5.32 Å². The molecule has 0 radical (unpaired) electrons. The molecule has 2 unspecified atom stereocenters. The van der Waals surface area contributed by atoms with Crippen LogP contribution in [0, 0.1) is 17.7 Å². The Hall–Kier alpha value is -0.890. The molecule has 88 valence electrons. The zero-order valence-electron chi connectivity index (χ0n) is 10.0. The maximum Gasteiger partial charge on any atom is 0.123 e. The summed E-state index contributed by atoms with van der Waals surface area (Å²) in [5.41, 5.74) is 1.17. The first kappa shape index (κ1) is 11.6. The van der Waals surface area contributed by atoms with Crippen LogP contribution in [0.3, 0.4) is 0 Å². The first-order chi connectivity index (χ1) is 7.68. The van der Waals surface area contributed by atoms with Gasteiger partial charge in [-0.15, -0.1) is 0 Å². The fourth-order valence-corrected chi connectivity index (χ4v) is 2.73. The third kappa shape index (κ3) is 2.43. The van der Waals surface area contributed by atoms with Crippen LogP contribution in [0.4, 0.5) is 4.39 Å². The van der Waals surface area contributed by atoms with Gasteiger partial charge in [0.2, 0.25) is 0 Å². The molecule has 0 amide bonds. The van der Waals surface area contributed by atoms with Gasteiger partial charge in [0.1, 0.15) is 5.82 Å². The van der Waals surface area contributed by atoms with Crippen LogP contribution in [0.25, 0.3) is 0 Å². The molecule has 1 heterocycles. The minimum atomic E-state index is -0.112. The van der Waals surface area contributed by atoms with Crippen molar-refractivity contribution < 1.29 is 4.39 Å². The van der Waals surface area contributed by atoms with Crippen LogP contribution in [-0.4, -0.2) is 13.1 Å². The van der Waals surface area contributed by atoms with E-state index in [0.29, 0.717) is 17.8 Å². The van der Waals surface area contributed by atoms with Crippen molar-refractivity contribution in [2.75, 3.05) is 13.1 Å². The largest absolute Gasteiger partial charge is 0.316 e. The third-order valence-corrected chi connectivity index (χ3v) is 3.66. The lowest BCUT2D eigenvalue weighted by Gasteiger charge is -2.35. The Labute approximate surface area is 97.1 Å². The topological polar surface area (TPSA) is 12.0 Å². The fraction of sp³-hybridized carbons (Fsp3) is 0.571. The van der Waals surface area contributed by atoms with E-state index in [1.165, 1.54) is 11.6 Å². The van der Waals surface area contributed by atoms with E-state index in [1.807, 2.05) is 6.07 Å². The lowest BCUT2D eigenvalue weighted by atomic mass is 9.75. The zero-order chi connectivity index (χ0) is 11.5. The maximum absolute atomic E-state index is 13.2. The molecule has 2 atom stereocenters. The summed E-state index contributed by atoms with van der Waals surface area (Å²) in [6.45, 7) is 6.61. The second-order valence-electron chi connectivity index (χ2n) is 5.06. The van der Waals surface area contributed by atoms with Gasteiger partial charge in [0.15, 0.2) is 0 Å². The molecule has 1 nitrogen and oxygen atoms in total. The minimum absolute atomic E-state index is 0.112. The van der Waals surface area contributed by atoms with Crippen LogP contribution < -0.4 is 5.32 Å². The average molecular weight is 221 g/mol. The molecule has 1 aromatic carbocycles. The number of piperidine rings is 1. The fourth-order valence-electron chi connectivity index (χ4n) is 2.73. The third-order valence-electron chi connectivity index (χ3n) is 3.66. The molecule has 0 aliphatic carbocycles. The van der Waals surface area contributed by atoms with Gasteiger partial charge in [0.05, 0.1) is 0 Å². The van der Waals surface area contributed by atoms with Crippen molar-refractivity contribution in [3.8, 4) is 0 Å². The molecule has 1 fully saturated rings. The van der Waals surface area contributed by atoms with Crippen molar-refractivity contribution in [1.82, 2.24) is 5.32 Å². The second-order valence-corrected chi connectivity index (χ2v) is 5.06. The van der Waals surface area contributed by atoms with Crippen LogP contribution in [0.5, 0.6) is 0 Å². The molecule has 1 saturated heterocycles. The van der Waals surface area contributed by atoms with Gasteiger partial charge in [-0.1, -0.05) is 26.0 Å². The predicted molar refractivity (Wildman–Crippen MR) is 65.0 cm³/mol. The van der Waals surface area contributed by atoms with Crippen molar-refractivity contribution >= 4 is 0 Å². The average Bonchev–Trinajstić information content (AvgIpc) is 2.29. The van der Waals surface area contributed by atoms with E-state index in [2.05, 4.69) is 25.2 Å². The van der Waals surface area contributed by atoms with Gasteiger partial charge in [-0.2, -0.15) is 0 Å². The lowest BCUT2D eigenvalue weighted by molar-refractivity contribution is 0.255. The summed E-state index contributed by atoms with van der Waals surface area (Å²) < 4.78 is 13.2. The molecule has 0 spiro atoms. The molecular weight excluding hydrogens is 201 g/mol. The number of benzene rings is 1. The highest BCUT2D eigenvalue weighted by molar-refractivity contribution is 5.22. The normalized spacial score (nSPS) is 26.0. The second kappa shape index (κ2) is 4.96. The summed E-state index contributed by atoms with van der Waals surface area (Å²) in [6.07, 6.45) is 1.12. The SMILES string of the molecule is CC(C)C1CNCCC1c1cccc(F)c1. The van der Waals surface area contributed by atoms with E-state index in [4.69, 9.17) is 0 Å². The van der Waals surface area contributed by atoms with Crippen LogP contribution in [0.2, 0.25) is 0 Å². The van der Waals surface area contributed by atoms with E-state index in [0.717, 1.165) is 19.5 Å². The van der Waals surface area contributed by atoms with Crippen molar-refractivity contribution in [2.24, 2.45) is 11.8 Å². The van der Waals surface area contributed by atoms with Crippen LogP contribution in [-0.2, 0) is 0 Å². The van der Waals surface area contributed by atoms with Gasteiger partial charge in [-0.05, 0) is 55.0 Å². The van der Waals surface area contributed by atoms with Crippen LogP contribution in [0.15, 0.2) is 24.3 Å². The molecule has 0 saturated carbocycles. The number of halogens is 1. The highest BCUT2D eigenvalue weighted by Gasteiger charge is 2.28. The molecule has 1 aliphatic heterocycles. The first-order valence-corrected chi connectivity index (χ1v) is 6.14. The summed E-state index contributed by atoms with van der Waals surface area (Å²) in [5, 5.41) is 3.44. The Morgan fingerprint density at radius 3 is 2.88 bits per heavy atom. The Balaban J connectivity index is 2.23. The Kier molecular flexibility index (Phi) is 3.59. The minimum Gasteiger partial charge on any atom is -0.316 e. The number of rotatable bonds is 2. The molecule has 1 aromatic rings. The van der Waals surface area contributed by atoms with Crippen LogP contribution >= 0.6 is 0 Å². The Bertz CT molecular complexity index is 348. The molecule has 0 bridgehead atoms. The van der Waals surface area contributed by atoms with E-state index in [9.17, 15) is 4.39 Å². The lowest BCUT2D eigenvalue weighted by Crippen LogP contribution is -2.38. The highest BCUT2D eigenvalue weighted by Crippen LogP contribution is 2.34. The van der Waals surface area contributed by atoms with Gasteiger partial charge >= 0.3 is 0 Å². The summed E-state index contributed by atoms with van der Waals surface area (Å²) in [7, 11) is 0. The van der Waals surface area contributed by atoms with Crippen molar-refractivity contribution in [3.05, 3.63) is 35.6 Å². The Morgan fingerprint density at radius 1 is 1.38 bits per heavy atom. The van der Waals surface area contributed by atoms with E-state index in [1.54, 1.807) is 6.07 Å². The first-order valence-electron chi connectivity index (χ1n) is 6.14. The van der Waals surface area contributed by atoms with Gasteiger partial charge in [0.25, 0.3) is 0 Å². The number of hydrogen-bond acceptors (Lipinski definition) is 1.